The fraction of sp³-hybridized carbons (Fsp3) is 0.300. The molecule has 2 N–H and O–H groups in total. The van der Waals surface area contributed by atoms with E-state index in [2.05, 4.69) is 33.0 Å². The third-order valence-corrected chi connectivity index (χ3v) is 5.77. The number of hydrogen-bond donors (Lipinski definition) is 2. The van der Waals surface area contributed by atoms with Crippen LogP contribution in [0.5, 0.6) is 0 Å². The first-order chi connectivity index (χ1) is 17.3. The molecule has 0 heterocycles. The number of rotatable bonds is 10. The maximum atomic E-state index is 12.8. The lowest BCUT2D eigenvalue weighted by molar-refractivity contribution is -0.139. The number of benzene rings is 3. The molecule has 0 aromatic heterocycles. The Bertz CT molecular complexity index is 1150. The zero-order chi connectivity index (χ0) is 26.1. The Kier molecular flexibility index (Phi) is 9.53. The van der Waals surface area contributed by atoms with E-state index in [1.165, 1.54) is 0 Å². The van der Waals surface area contributed by atoms with Gasteiger partial charge in [0.1, 0.15) is 6.42 Å². The summed E-state index contributed by atoms with van der Waals surface area (Å²) in [6, 6.07) is 24.6. The van der Waals surface area contributed by atoms with Gasteiger partial charge in [-0.25, -0.2) is 0 Å². The Hall–Kier alpha value is -3.77. The van der Waals surface area contributed by atoms with E-state index in [1.54, 1.807) is 12.1 Å². The summed E-state index contributed by atoms with van der Waals surface area (Å²) in [6.45, 7) is 8.48. The Morgan fingerprint density at radius 2 is 1.36 bits per heavy atom. The summed E-state index contributed by atoms with van der Waals surface area (Å²) in [4.78, 5) is 25.4. The second-order valence-corrected chi connectivity index (χ2v) is 9.27. The van der Waals surface area contributed by atoms with Crippen LogP contribution in [0.2, 0.25) is 0 Å². The highest BCUT2D eigenvalue weighted by Gasteiger charge is 2.24. The van der Waals surface area contributed by atoms with Crippen LogP contribution < -0.4 is 5.32 Å². The summed E-state index contributed by atoms with van der Waals surface area (Å²) in [6.07, 6.45) is -1.39. The molecule has 0 aliphatic heterocycles. The smallest absolute Gasteiger partial charge is 0.321 e. The van der Waals surface area contributed by atoms with E-state index in [0.29, 0.717) is 5.56 Å². The zero-order valence-corrected chi connectivity index (χ0v) is 21.3. The van der Waals surface area contributed by atoms with Gasteiger partial charge in [0.25, 0.3) is 0 Å². The zero-order valence-electron chi connectivity index (χ0n) is 21.3. The van der Waals surface area contributed by atoms with Crippen molar-refractivity contribution >= 4 is 23.5 Å². The third kappa shape index (κ3) is 7.36. The molecule has 6 heteroatoms. The quantitative estimate of drug-likeness (QED) is 0.144. The molecule has 0 bridgehead atoms. The topological polar surface area (TPSA) is 88.5 Å². The number of anilines is 1. The maximum absolute atomic E-state index is 12.8. The lowest BCUT2D eigenvalue weighted by atomic mass is 9.92. The van der Waals surface area contributed by atoms with Gasteiger partial charge in [-0.2, -0.15) is 0 Å². The average molecular weight is 487 g/mol. The van der Waals surface area contributed by atoms with E-state index in [1.807, 2.05) is 66.7 Å². The van der Waals surface area contributed by atoms with Crippen LogP contribution in [-0.2, 0) is 25.7 Å². The normalized spacial score (nSPS) is 11.8. The Labute approximate surface area is 213 Å². The van der Waals surface area contributed by atoms with Crippen LogP contribution in [0, 0.1) is 5.41 Å². The minimum Gasteiger partial charge on any atom is -0.408 e. The van der Waals surface area contributed by atoms with Crippen LogP contribution in [-0.4, -0.2) is 17.8 Å². The number of esters is 1. The first-order valence-electron chi connectivity index (χ1n) is 12.2. The lowest BCUT2D eigenvalue weighted by Crippen LogP contribution is -2.25. The molecule has 0 saturated heterocycles. The summed E-state index contributed by atoms with van der Waals surface area (Å²) < 4.78 is 11.2. The highest BCUT2D eigenvalue weighted by atomic mass is 16.6. The van der Waals surface area contributed by atoms with Gasteiger partial charge in [-0.05, 0) is 34.1 Å². The fourth-order valence-corrected chi connectivity index (χ4v) is 3.93. The van der Waals surface area contributed by atoms with Crippen molar-refractivity contribution < 1.29 is 19.1 Å². The minimum absolute atomic E-state index is 0.201. The molecule has 1 amide bonds. The fourth-order valence-electron chi connectivity index (χ4n) is 3.93. The Balaban J connectivity index is 1.68. The Morgan fingerprint density at radius 3 is 1.92 bits per heavy atom. The third-order valence-electron chi connectivity index (χ3n) is 5.77. The molecule has 0 radical (unpaired) electrons. The average Bonchev–Trinajstić information content (AvgIpc) is 2.85. The van der Waals surface area contributed by atoms with E-state index in [0.717, 1.165) is 22.4 Å². The lowest BCUT2D eigenvalue weighted by Gasteiger charge is -2.20. The molecule has 6 nitrogen and oxygen atoms in total. The number of carbonyl (C=O) groups excluding carboxylic acids is 2. The van der Waals surface area contributed by atoms with Gasteiger partial charge < -0.3 is 14.8 Å². The largest absolute Gasteiger partial charge is 0.408 e. The van der Waals surface area contributed by atoms with Crippen molar-refractivity contribution in [2.75, 3.05) is 5.32 Å². The summed E-state index contributed by atoms with van der Waals surface area (Å²) in [5.41, 5.74) is 4.37. The van der Waals surface area contributed by atoms with Crippen molar-refractivity contribution in [1.29, 1.82) is 5.41 Å². The first kappa shape index (κ1) is 26.8. The molecule has 1 atom stereocenters. The van der Waals surface area contributed by atoms with Crippen LogP contribution in [0.15, 0.2) is 78.9 Å². The highest BCUT2D eigenvalue weighted by molar-refractivity contribution is 6.05. The molecule has 1 unspecified atom stereocenters. The van der Waals surface area contributed by atoms with Crippen LogP contribution in [0.4, 0.5) is 5.69 Å². The van der Waals surface area contributed by atoms with Crippen LogP contribution in [0.25, 0.3) is 0 Å². The van der Waals surface area contributed by atoms with E-state index in [4.69, 9.17) is 14.9 Å². The number of hydrogen-bond acceptors (Lipinski definition) is 5. The van der Waals surface area contributed by atoms with Crippen LogP contribution in [0.3, 0.4) is 0 Å². The van der Waals surface area contributed by atoms with E-state index >= 15 is 0 Å². The predicted octanol–water partition coefficient (Wildman–Crippen LogP) is 6.74. The SMILES string of the molecule is CC(C)c1cccc(C(C)C)c1NC(=O)CC(=O)OC(=N)C(OCc1ccccc1)c1ccccc1. The van der Waals surface area contributed by atoms with E-state index in [-0.39, 0.29) is 24.3 Å². The molecule has 3 aromatic rings. The molecular weight excluding hydrogens is 452 g/mol. The summed E-state index contributed by atoms with van der Waals surface area (Å²) in [7, 11) is 0. The van der Waals surface area contributed by atoms with Gasteiger partial charge in [-0.1, -0.05) is 107 Å². The standard InChI is InChI=1S/C30H34N2O4/c1-20(2)24-16-11-17-25(21(3)4)28(24)32-26(33)18-27(34)36-30(31)29(23-14-9-6-10-15-23)35-19-22-12-7-5-8-13-22/h5-17,20-21,29,31H,18-19H2,1-4H3,(H,32,33). The molecular formula is C30H34N2O4. The van der Waals surface area contributed by atoms with Crippen LogP contribution >= 0.6 is 0 Å². The van der Waals surface area contributed by atoms with Gasteiger partial charge >= 0.3 is 5.97 Å². The number of carbonyl (C=O) groups is 2. The van der Waals surface area contributed by atoms with Gasteiger partial charge in [0.15, 0.2) is 6.10 Å². The van der Waals surface area contributed by atoms with Crippen molar-refractivity contribution in [3.8, 4) is 0 Å². The number of amides is 1. The molecule has 36 heavy (non-hydrogen) atoms. The highest BCUT2D eigenvalue weighted by Crippen LogP contribution is 2.32. The van der Waals surface area contributed by atoms with Gasteiger partial charge in [-0.15, -0.1) is 0 Å². The van der Waals surface area contributed by atoms with Crippen molar-refractivity contribution in [2.24, 2.45) is 0 Å². The minimum atomic E-state index is -0.882. The Morgan fingerprint density at radius 1 is 0.806 bits per heavy atom. The second-order valence-electron chi connectivity index (χ2n) is 9.27. The summed E-state index contributed by atoms with van der Waals surface area (Å²) in [5, 5.41) is 11.3. The van der Waals surface area contributed by atoms with Gasteiger partial charge in [0, 0.05) is 5.69 Å². The molecule has 0 aliphatic carbocycles. The summed E-state index contributed by atoms with van der Waals surface area (Å²) in [5.74, 6) is -1.25. The molecule has 3 aromatic carbocycles. The molecule has 0 aliphatic rings. The predicted molar refractivity (Wildman–Crippen MR) is 142 cm³/mol. The second kappa shape index (κ2) is 12.8. The monoisotopic (exact) mass is 486 g/mol. The maximum Gasteiger partial charge on any atom is 0.321 e. The molecule has 0 fully saturated rings. The number of ether oxygens (including phenoxy) is 2. The molecule has 3 rings (SSSR count). The van der Waals surface area contributed by atoms with Crippen molar-refractivity contribution in [3.63, 3.8) is 0 Å². The van der Waals surface area contributed by atoms with Gasteiger partial charge in [-0.3, -0.25) is 15.0 Å². The molecule has 0 spiro atoms. The van der Waals surface area contributed by atoms with Gasteiger partial charge in [0.2, 0.25) is 11.8 Å². The van der Waals surface area contributed by atoms with Gasteiger partial charge in [0.05, 0.1) is 6.61 Å². The molecule has 0 saturated carbocycles. The number of nitrogens with one attached hydrogen (secondary N) is 2. The molecule has 188 valence electrons. The van der Waals surface area contributed by atoms with Crippen molar-refractivity contribution in [3.05, 3.63) is 101 Å². The van der Waals surface area contributed by atoms with E-state index < -0.39 is 24.4 Å². The van der Waals surface area contributed by atoms with Crippen molar-refractivity contribution in [2.45, 2.75) is 58.7 Å². The van der Waals surface area contributed by atoms with Crippen LogP contribution in [0.1, 0.15) is 74.3 Å². The summed E-state index contributed by atoms with van der Waals surface area (Å²) >= 11 is 0. The van der Waals surface area contributed by atoms with E-state index in [9.17, 15) is 9.59 Å². The first-order valence-corrected chi connectivity index (χ1v) is 12.2. The number of para-hydroxylation sites is 1. The van der Waals surface area contributed by atoms with Crippen molar-refractivity contribution in [1.82, 2.24) is 0 Å².